The van der Waals surface area contributed by atoms with Gasteiger partial charge in [0.1, 0.15) is 6.04 Å². The van der Waals surface area contributed by atoms with Gasteiger partial charge in [-0.1, -0.05) is 72.8 Å². The first-order valence-electron chi connectivity index (χ1n) is 19.7. The Bertz CT molecular complexity index is 2370. The van der Waals surface area contributed by atoms with Crippen molar-refractivity contribution >= 4 is 83.2 Å². The van der Waals surface area contributed by atoms with Gasteiger partial charge in [-0.05, 0) is 29.3 Å². The Hall–Kier alpha value is -9.58. The second-order valence-corrected chi connectivity index (χ2v) is 13.9. The van der Waals surface area contributed by atoms with Gasteiger partial charge in [0.25, 0.3) is 35.4 Å². The molecule has 2 aromatic rings. The van der Waals surface area contributed by atoms with Crippen LogP contribution in [0.2, 0.25) is 0 Å². The first kappa shape index (κ1) is 55.6. The quantitative estimate of drug-likeness (QED) is 0.0201. The normalized spacial score (nSPS) is 14.1. The molecule has 0 heterocycles. The topological polar surface area (TPSA) is 537 Å². The molecule has 7 atom stereocenters. The lowest BCUT2D eigenvalue weighted by atomic mass is 10.1. The predicted octanol–water partition coefficient (Wildman–Crippen LogP) is -8.13. The van der Waals surface area contributed by atoms with Gasteiger partial charge in [-0.25, -0.2) is 20.0 Å². The molecule has 7 amide bonds. The van der Waals surface area contributed by atoms with Gasteiger partial charge in [-0.2, -0.15) is 0 Å². The van der Waals surface area contributed by atoms with Gasteiger partial charge in [-0.3, -0.25) is 38.6 Å². The van der Waals surface area contributed by atoms with Gasteiger partial charge in [0.05, 0.1) is 0 Å². The average molecular weight is 961 g/mol. The van der Waals surface area contributed by atoms with Crippen molar-refractivity contribution < 1.29 is 38.7 Å². The number of guanidine groups is 4. The molecule has 0 aromatic heterocycles. The molecule has 0 saturated heterocycles. The molecule has 0 spiro atoms. The molecule has 0 radical (unpaired) electrons. The standard InChI is InChI=1S/C39H56N22O8/c1-61(2)21-16-14-19(15-17-21)11-7-4-3-5-10-18-50-34(68)35(69)51-22(20-12-8-6-9-13-20)29(63)53-26(58-37(44)45)31(65)55-28(60-39(48)49)33(67)56-27(59-38(46)47)32(66)54-25(57-36(42)43)30(64)52-23(40)24(41)62/h3-18,22-23,25-28,34,68H,40H2,1-2H3,(H2,41,62)(H,51,69)(H,52,64)(H,53,63)(H,54,66)(H,55,65)(H,56,67)(H4,42,43,57)(H4,44,45,58)(H4,46,47,59)(H4,48,49,60)/b4-3-,10-5+,11-7+,50-18?. The Morgan fingerprint density at radius 2 is 0.928 bits per heavy atom. The number of aliphatic hydroxyl groups is 1. The minimum Gasteiger partial charge on any atom is -0.378 e. The Balaban J connectivity index is 2.29. The maximum absolute atomic E-state index is 13.8. The number of carbonyl (C=O) groups is 7. The number of amides is 7. The Morgan fingerprint density at radius 3 is 1.35 bits per heavy atom. The van der Waals surface area contributed by atoms with Gasteiger partial charge >= 0.3 is 0 Å². The first-order valence-corrected chi connectivity index (χ1v) is 19.7. The van der Waals surface area contributed by atoms with Crippen LogP contribution in [-0.4, -0.2) is 128 Å². The molecule has 0 saturated carbocycles. The monoisotopic (exact) mass is 960 g/mol. The van der Waals surface area contributed by atoms with Crippen LogP contribution < -0.4 is 94.1 Å². The molecule has 0 aliphatic carbocycles. The van der Waals surface area contributed by atoms with Crippen molar-refractivity contribution in [2.24, 2.45) is 82.3 Å². The number of nitrogens with zero attached hydrogens (tertiary/aromatic N) is 6. The zero-order chi connectivity index (χ0) is 51.8. The van der Waals surface area contributed by atoms with E-state index in [-0.39, 0.29) is 5.56 Å². The van der Waals surface area contributed by atoms with E-state index in [1.165, 1.54) is 30.3 Å². The van der Waals surface area contributed by atoms with Crippen molar-refractivity contribution in [3.8, 4) is 0 Å². The maximum atomic E-state index is 13.8. The summed E-state index contributed by atoms with van der Waals surface area (Å²) in [5.74, 6) is -12.1. The van der Waals surface area contributed by atoms with Crippen molar-refractivity contribution in [1.29, 1.82) is 0 Å². The van der Waals surface area contributed by atoms with Crippen LogP contribution in [0.4, 0.5) is 5.69 Å². The summed E-state index contributed by atoms with van der Waals surface area (Å²) in [5, 5.41) is 23.0. The fraction of sp³-hybridized carbons (Fsp3) is 0.231. The zero-order valence-corrected chi connectivity index (χ0v) is 37.0. The summed E-state index contributed by atoms with van der Waals surface area (Å²) in [6.07, 6.45) is -0.924. The number of aliphatic imine (C=N–C) groups is 5. The minimum atomic E-state index is -2.18. The molecule has 0 aliphatic rings. The van der Waals surface area contributed by atoms with E-state index in [2.05, 4.69) is 40.9 Å². The van der Waals surface area contributed by atoms with Crippen LogP contribution in [0.25, 0.3) is 6.08 Å². The molecular formula is C39H56N22O8. The molecule has 0 fully saturated rings. The van der Waals surface area contributed by atoms with E-state index in [1.807, 2.05) is 71.4 Å². The number of carbonyl (C=O) groups excluding carboxylic acids is 7. The fourth-order valence-electron chi connectivity index (χ4n) is 5.04. The highest BCUT2D eigenvalue weighted by molar-refractivity contribution is 5.99. The fourth-order valence-corrected chi connectivity index (χ4v) is 5.04. The van der Waals surface area contributed by atoms with Crippen LogP contribution >= 0.6 is 0 Å². The second kappa shape index (κ2) is 27.7. The average Bonchev–Trinajstić information content (AvgIpc) is 3.27. The van der Waals surface area contributed by atoms with E-state index in [9.17, 15) is 38.7 Å². The lowest BCUT2D eigenvalue weighted by molar-refractivity contribution is -0.136. The van der Waals surface area contributed by atoms with Gasteiger partial charge in [0.15, 0.2) is 30.0 Å². The number of rotatable bonds is 24. The highest BCUT2D eigenvalue weighted by Gasteiger charge is 2.34. The maximum Gasteiger partial charge on any atom is 0.272 e. The summed E-state index contributed by atoms with van der Waals surface area (Å²) >= 11 is 0. The van der Waals surface area contributed by atoms with Gasteiger partial charge < -0.3 is 99.2 Å². The van der Waals surface area contributed by atoms with Crippen LogP contribution in [0.5, 0.6) is 0 Å². The van der Waals surface area contributed by atoms with Crippen LogP contribution in [0.15, 0.2) is 110 Å². The summed E-state index contributed by atoms with van der Waals surface area (Å²) in [5.41, 5.74) is 56.3. The Morgan fingerprint density at radius 1 is 0.522 bits per heavy atom. The molecule has 69 heavy (non-hydrogen) atoms. The number of hydrogen-bond acceptors (Lipinski definition) is 15. The SMILES string of the molecule is CN(C)c1ccc(/C=C/C=C\C=C\C=NC(O)C(=O)NC(C(=O)NC(N=C(N)N)C(=O)NC(N=C(N)N)C(=O)NC(N=C(N)N)C(=O)NC(N=C(N)N)C(=O)NC(N)C(N)=O)c2ccccc2)cc1. The van der Waals surface area contributed by atoms with Gasteiger partial charge in [0.2, 0.25) is 36.8 Å². The molecule has 0 bridgehead atoms. The summed E-state index contributed by atoms with van der Waals surface area (Å²) in [7, 11) is 3.89. The molecule has 7 unspecified atom stereocenters. The highest BCUT2D eigenvalue weighted by Crippen LogP contribution is 2.15. The molecule has 27 N–H and O–H groups in total. The number of anilines is 1. The summed E-state index contributed by atoms with van der Waals surface area (Å²) in [4.78, 5) is 112. The van der Waals surface area contributed by atoms with Crippen molar-refractivity contribution in [1.82, 2.24) is 31.9 Å². The number of hydrogen-bond donors (Lipinski definition) is 17. The number of aliphatic hydroxyl groups excluding tert-OH is 1. The van der Waals surface area contributed by atoms with E-state index in [4.69, 9.17) is 57.3 Å². The number of benzene rings is 2. The molecule has 2 aromatic carbocycles. The van der Waals surface area contributed by atoms with Crippen molar-refractivity contribution in [2.75, 3.05) is 19.0 Å². The van der Waals surface area contributed by atoms with E-state index in [0.29, 0.717) is 0 Å². The number of primary amides is 1. The molecule has 2 rings (SSSR count). The molecular weight excluding hydrogens is 905 g/mol. The third-order valence-electron chi connectivity index (χ3n) is 8.20. The number of allylic oxidation sites excluding steroid dienone is 5. The predicted molar refractivity (Wildman–Crippen MR) is 256 cm³/mol. The van der Waals surface area contributed by atoms with Crippen molar-refractivity contribution in [3.05, 3.63) is 96.1 Å². The number of nitrogens with two attached hydrogens (primary N) is 10. The zero-order valence-electron chi connectivity index (χ0n) is 37.0. The van der Waals surface area contributed by atoms with Gasteiger partial charge in [0, 0.05) is 26.0 Å². The smallest absolute Gasteiger partial charge is 0.272 e. The molecule has 30 heteroatoms. The largest absolute Gasteiger partial charge is 0.378 e. The summed E-state index contributed by atoms with van der Waals surface area (Å²) in [6.45, 7) is 0. The lowest BCUT2D eigenvalue weighted by Crippen LogP contribution is -2.60. The van der Waals surface area contributed by atoms with E-state index in [1.54, 1.807) is 24.3 Å². The van der Waals surface area contributed by atoms with Crippen molar-refractivity contribution in [2.45, 2.75) is 43.1 Å². The minimum absolute atomic E-state index is 0.146. The van der Waals surface area contributed by atoms with E-state index in [0.717, 1.165) is 17.5 Å². The van der Waals surface area contributed by atoms with Crippen molar-refractivity contribution in [3.63, 3.8) is 0 Å². The third kappa shape index (κ3) is 20.4. The lowest BCUT2D eigenvalue weighted by Gasteiger charge is -2.24. The Kier molecular flexibility index (Phi) is 22.3. The summed E-state index contributed by atoms with van der Waals surface area (Å²) < 4.78 is 0. The third-order valence-corrected chi connectivity index (χ3v) is 8.20. The Labute approximate surface area is 393 Å². The van der Waals surface area contributed by atoms with Crippen LogP contribution in [0, 0.1) is 0 Å². The molecule has 30 nitrogen and oxygen atoms in total. The second-order valence-electron chi connectivity index (χ2n) is 13.9. The van der Waals surface area contributed by atoms with Gasteiger partial charge in [-0.15, -0.1) is 0 Å². The van der Waals surface area contributed by atoms with Crippen LogP contribution in [0.3, 0.4) is 0 Å². The van der Waals surface area contributed by atoms with E-state index >= 15 is 0 Å². The molecule has 0 aliphatic heterocycles. The molecule has 370 valence electrons. The van der Waals surface area contributed by atoms with Crippen LogP contribution in [-0.2, 0) is 33.6 Å². The number of nitrogens with one attached hydrogen (secondary N) is 6. The van der Waals surface area contributed by atoms with Crippen LogP contribution in [0.1, 0.15) is 17.2 Å². The van der Waals surface area contributed by atoms with E-state index < -0.39 is 108 Å². The highest BCUT2D eigenvalue weighted by atomic mass is 16.3. The first-order chi connectivity index (χ1) is 32.5. The summed E-state index contributed by atoms with van der Waals surface area (Å²) in [6, 6.07) is 13.8.